The highest BCUT2D eigenvalue weighted by Gasteiger charge is 2.31. The van der Waals surface area contributed by atoms with Crippen molar-refractivity contribution >= 4 is 21.6 Å². The highest BCUT2D eigenvalue weighted by atomic mass is 32.2. The van der Waals surface area contributed by atoms with Crippen LogP contribution in [0.1, 0.15) is 30.9 Å². The molecule has 27 heavy (non-hydrogen) atoms. The Bertz CT molecular complexity index is 863. The first kappa shape index (κ1) is 21.0. The molecule has 0 aliphatic carbocycles. The summed E-state index contributed by atoms with van der Waals surface area (Å²) in [5.74, 6) is -0.285. The number of benzene rings is 1. The Hall–Kier alpha value is -2.35. The van der Waals surface area contributed by atoms with Gasteiger partial charge in [-0.3, -0.25) is 9.10 Å². The van der Waals surface area contributed by atoms with E-state index in [1.165, 1.54) is 4.31 Å². The summed E-state index contributed by atoms with van der Waals surface area (Å²) >= 11 is 0. The van der Waals surface area contributed by atoms with E-state index in [0.717, 1.165) is 30.3 Å². The Kier molecular flexibility index (Phi) is 7.01. The number of carbonyl (C=O) groups is 1. The number of carbonyl (C=O) groups excluding carboxylic acids is 1. The Morgan fingerprint density at radius 3 is 2.59 bits per heavy atom. The molecular formula is C19H28N4O3S. The molecule has 1 atom stereocenters. The van der Waals surface area contributed by atoms with E-state index in [1.54, 1.807) is 18.6 Å². The predicted octanol–water partition coefficient (Wildman–Crippen LogP) is 2.25. The van der Waals surface area contributed by atoms with Crippen LogP contribution in [0, 0.1) is 13.8 Å². The maximum atomic E-state index is 12.7. The molecule has 1 heterocycles. The van der Waals surface area contributed by atoms with Crippen LogP contribution in [-0.2, 0) is 21.4 Å². The van der Waals surface area contributed by atoms with Crippen LogP contribution in [0.3, 0.4) is 0 Å². The van der Waals surface area contributed by atoms with E-state index in [4.69, 9.17) is 0 Å². The smallest absolute Gasteiger partial charge is 0.243 e. The summed E-state index contributed by atoms with van der Waals surface area (Å²) in [4.78, 5) is 16.7. The summed E-state index contributed by atoms with van der Waals surface area (Å²) in [5, 5.41) is 2.87. The first-order chi connectivity index (χ1) is 12.7. The molecular weight excluding hydrogens is 364 g/mol. The Balaban J connectivity index is 2.11. The molecule has 0 saturated heterocycles. The van der Waals surface area contributed by atoms with Gasteiger partial charge in [-0.1, -0.05) is 13.0 Å². The number of hydrogen-bond acceptors (Lipinski definition) is 4. The molecule has 7 nitrogen and oxygen atoms in total. The SMILES string of the molecule is CC[C@@H](C(=O)NCCCn1ccnc1)N(c1ccc(C)c(C)c1)S(C)(=O)=O. The zero-order valence-corrected chi connectivity index (χ0v) is 17.2. The van der Waals surface area contributed by atoms with Gasteiger partial charge in [-0.25, -0.2) is 13.4 Å². The van der Waals surface area contributed by atoms with Gasteiger partial charge in [0.05, 0.1) is 18.3 Å². The summed E-state index contributed by atoms with van der Waals surface area (Å²) in [6.45, 7) is 6.92. The van der Waals surface area contributed by atoms with E-state index in [0.29, 0.717) is 18.7 Å². The number of anilines is 1. The van der Waals surface area contributed by atoms with Crippen LogP contribution in [0.5, 0.6) is 0 Å². The van der Waals surface area contributed by atoms with Crippen LogP contribution in [0.4, 0.5) is 5.69 Å². The van der Waals surface area contributed by atoms with Crippen molar-refractivity contribution in [2.45, 2.75) is 46.2 Å². The normalized spacial score (nSPS) is 12.6. The van der Waals surface area contributed by atoms with Crippen LogP contribution in [0.15, 0.2) is 36.9 Å². The van der Waals surface area contributed by atoms with E-state index < -0.39 is 16.1 Å². The minimum Gasteiger partial charge on any atom is -0.354 e. The Morgan fingerprint density at radius 1 is 1.30 bits per heavy atom. The average Bonchev–Trinajstić information content (AvgIpc) is 3.11. The van der Waals surface area contributed by atoms with Crippen molar-refractivity contribution in [1.82, 2.24) is 14.9 Å². The lowest BCUT2D eigenvalue weighted by atomic mass is 10.1. The summed E-state index contributed by atoms with van der Waals surface area (Å²) in [7, 11) is -3.61. The second-order valence-corrected chi connectivity index (χ2v) is 8.56. The quantitative estimate of drug-likeness (QED) is 0.664. The summed E-state index contributed by atoms with van der Waals surface area (Å²) in [6, 6.07) is 4.65. The highest BCUT2D eigenvalue weighted by molar-refractivity contribution is 7.92. The molecule has 0 aliphatic rings. The molecule has 148 valence electrons. The number of nitrogens with one attached hydrogen (secondary N) is 1. The highest BCUT2D eigenvalue weighted by Crippen LogP contribution is 2.25. The van der Waals surface area contributed by atoms with Gasteiger partial charge in [0.15, 0.2) is 0 Å². The van der Waals surface area contributed by atoms with Gasteiger partial charge in [0.25, 0.3) is 0 Å². The number of aryl methyl sites for hydroxylation is 3. The average molecular weight is 393 g/mol. The molecule has 2 rings (SSSR count). The third kappa shape index (κ3) is 5.56. The largest absolute Gasteiger partial charge is 0.354 e. The molecule has 0 spiro atoms. The minimum atomic E-state index is -3.61. The summed E-state index contributed by atoms with van der Waals surface area (Å²) in [6.07, 6.45) is 7.55. The van der Waals surface area contributed by atoms with Crippen LogP contribution in [-0.4, -0.2) is 42.7 Å². The predicted molar refractivity (Wildman–Crippen MR) is 107 cm³/mol. The summed E-state index contributed by atoms with van der Waals surface area (Å²) in [5.41, 5.74) is 2.57. The first-order valence-corrected chi connectivity index (χ1v) is 10.9. The fourth-order valence-electron chi connectivity index (χ4n) is 2.93. The van der Waals surface area contributed by atoms with Crippen LogP contribution < -0.4 is 9.62 Å². The van der Waals surface area contributed by atoms with Crippen molar-refractivity contribution in [3.8, 4) is 0 Å². The topological polar surface area (TPSA) is 84.3 Å². The lowest BCUT2D eigenvalue weighted by Gasteiger charge is -2.30. The lowest BCUT2D eigenvalue weighted by molar-refractivity contribution is -0.122. The van der Waals surface area contributed by atoms with Crippen molar-refractivity contribution < 1.29 is 13.2 Å². The van der Waals surface area contributed by atoms with Gasteiger partial charge in [-0.2, -0.15) is 0 Å². The van der Waals surface area contributed by atoms with Crippen LogP contribution in [0.25, 0.3) is 0 Å². The van der Waals surface area contributed by atoms with Gasteiger partial charge in [-0.05, 0) is 49.9 Å². The molecule has 0 bridgehead atoms. The van der Waals surface area contributed by atoms with Gasteiger partial charge >= 0.3 is 0 Å². The van der Waals surface area contributed by atoms with Gasteiger partial charge in [-0.15, -0.1) is 0 Å². The molecule has 1 aromatic heterocycles. The number of nitrogens with zero attached hydrogens (tertiary/aromatic N) is 3. The third-order valence-electron chi connectivity index (χ3n) is 4.53. The molecule has 0 aliphatic heterocycles. The van der Waals surface area contributed by atoms with E-state index >= 15 is 0 Å². The number of imidazole rings is 1. The van der Waals surface area contributed by atoms with Gasteiger partial charge < -0.3 is 9.88 Å². The first-order valence-electron chi connectivity index (χ1n) is 9.04. The van der Waals surface area contributed by atoms with E-state index in [1.807, 2.05) is 43.7 Å². The monoisotopic (exact) mass is 392 g/mol. The molecule has 1 amide bonds. The number of hydrogen-bond donors (Lipinski definition) is 1. The van der Waals surface area contributed by atoms with Crippen molar-refractivity contribution in [1.29, 1.82) is 0 Å². The fraction of sp³-hybridized carbons (Fsp3) is 0.474. The van der Waals surface area contributed by atoms with Gasteiger partial charge in [0.1, 0.15) is 6.04 Å². The molecule has 0 saturated carbocycles. The third-order valence-corrected chi connectivity index (χ3v) is 5.71. The van der Waals surface area contributed by atoms with Crippen molar-refractivity contribution in [2.24, 2.45) is 0 Å². The molecule has 0 unspecified atom stereocenters. The Labute approximate surface area is 161 Å². The fourth-order valence-corrected chi connectivity index (χ4v) is 4.14. The number of amides is 1. The van der Waals surface area contributed by atoms with E-state index in [9.17, 15) is 13.2 Å². The molecule has 8 heteroatoms. The zero-order chi connectivity index (χ0) is 20.0. The number of aromatic nitrogens is 2. The van der Waals surface area contributed by atoms with Crippen LogP contribution >= 0.6 is 0 Å². The maximum absolute atomic E-state index is 12.7. The molecule has 1 N–H and O–H groups in total. The molecule has 1 aromatic carbocycles. The number of rotatable bonds is 9. The van der Waals surface area contributed by atoms with E-state index in [2.05, 4.69) is 10.3 Å². The molecule has 2 aromatic rings. The standard InChI is InChI=1S/C19H28N4O3S/c1-5-18(19(24)21-9-6-11-22-12-10-20-14-22)23(27(4,25)26)17-8-7-15(2)16(3)13-17/h7-8,10,12-14,18H,5-6,9,11H2,1-4H3,(H,21,24)/t18-/m0/s1. The van der Waals surface area contributed by atoms with Crippen molar-refractivity contribution in [2.75, 3.05) is 17.1 Å². The van der Waals surface area contributed by atoms with Crippen LogP contribution in [0.2, 0.25) is 0 Å². The van der Waals surface area contributed by atoms with Crippen molar-refractivity contribution in [3.05, 3.63) is 48.0 Å². The van der Waals surface area contributed by atoms with E-state index in [-0.39, 0.29) is 5.91 Å². The maximum Gasteiger partial charge on any atom is 0.243 e. The Morgan fingerprint density at radius 2 is 2.04 bits per heavy atom. The lowest BCUT2D eigenvalue weighted by Crippen LogP contribution is -2.49. The number of sulfonamides is 1. The van der Waals surface area contributed by atoms with Gasteiger partial charge in [0.2, 0.25) is 15.9 Å². The zero-order valence-electron chi connectivity index (χ0n) is 16.3. The summed E-state index contributed by atoms with van der Waals surface area (Å²) < 4.78 is 28.1. The van der Waals surface area contributed by atoms with Crippen molar-refractivity contribution in [3.63, 3.8) is 0 Å². The van der Waals surface area contributed by atoms with Gasteiger partial charge in [0, 0.05) is 25.5 Å². The second-order valence-electron chi connectivity index (χ2n) is 6.70. The molecule has 0 fully saturated rings. The minimum absolute atomic E-state index is 0.285. The second kappa shape index (κ2) is 9.03. The molecule has 0 radical (unpaired) electrons.